The molecule has 0 spiro atoms. The van der Waals surface area contributed by atoms with E-state index in [1.54, 1.807) is 6.20 Å². The van der Waals surface area contributed by atoms with Crippen molar-refractivity contribution >= 4 is 23.2 Å². The Morgan fingerprint density at radius 2 is 2.00 bits per heavy atom. The number of halogens is 2. The highest BCUT2D eigenvalue weighted by Crippen LogP contribution is 2.21. The summed E-state index contributed by atoms with van der Waals surface area (Å²) in [6, 6.07) is 13.8. The highest BCUT2D eigenvalue weighted by molar-refractivity contribution is 6.31. The van der Waals surface area contributed by atoms with Gasteiger partial charge in [0.25, 0.3) is 0 Å². The predicted octanol–water partition coefficient (Wildman–Crippen LogP) is 5.10. The maximum absolute atomic E-state index is 13.1. The first-order valence-electron chi connectivity index (χ1n) is 7.87. The highest BCUT2D eigenvalue weighted by atomic mass is 35.5. The van der Waals surface area contributed by atoms with Crippen molar-refractivity contribution in [1.82, 2.24) is 4.98 Å². The second kappa shape index (κ2) is 7.94. The zero-order chi connectivity index (χ0) is 17.6. The van der Waals surface area contributed by atoms with Gasteiger partial charge in [0, 0.05) is 24.1 Å². The topological polar surface area (TPSA) is 55.1 Å². The molecule has 0 unspecified atom stereocenters. The van der Waals surface area contributed by atoms with E-state index in [4.69, 9.17) is 16.0 Å². The first-order chi connectivity index (χ1) is 12.1. The fourth-order valence-corrected chi connectivity index (χ4v) is 2.54. The Bertz CT molecular complexity index is 865. The van der Waals surface area contributed by atoms with Gasteiger partial charge in [0.1, 0.15) is 5.82 Å². The van der Waals surface area contributed by atoms with E-state index in [-0.39, 0.29) is 10.9 Å². The summed E-state index contributed by atoms with van der Waals surface area (Å²) in [5, 5.41) is 2.66. The lowest BCUT2D eigenvalue weighted by molar-refractivity contribution is -0.116. The summed E-state index contributed by atoms with van der Waals surface area (Å²) in [4.78, 5) is 16.2. The number of amides is 1. The van der Waals surface area contributed by atoms with Crippen molar-refractivity contribution in [2.24, 2.45) is 0 Å². The van der Waals surface area contributed by atoms with Gasteiger partial charge in [0.05, 0.1) is 11.2 Å². The van der Waals surface area contributed by atoms with E-state index in [0.29, 0.717) is 36.6 Å². The van der Waals surface area contributed by atoms with Crippen LogP contribution in [0.2, 0.25) is 5.02 Å². The number of carbonyl (C=O) groups is 1. The molecule has 6 heteroatoms. The van der Waals surface area contributed by atoms with Crippen LogP contribution in [0.5, 0.6) is 0 Å². The average molecular weight is 359 g/mol. The monoisotopic (exact) mass is 358 g/mol. The maximum Gasteiger partial charge on any atom is 0.224 e. The van der Waals surface area contributed by atoms with Gasteiger partial charge in [-0.2, -0.15) is 0 Å². The molecule has 1 amide bonds. The van der Waals surface area contributed by atoms with Crippen molar-refractivity contribution in [3.63, 3.8) is 0 Å². The number of oxazole rings is 1. The van der Waals surface area contributed by atoms with Crippen molar-refractivity contribution in [3.05, 3.63) is 71.5 Å². The minimum Gasteiger partial charge on any atom is -0.441 e. The Morgan fingerprint density at radius 3 is 2.76 bits per heavy atom. The molecule has 3 aromatic rings. The minimum atomic E-state index is -0.516. The molecule has 25 heavy (non-hydrogen) atoms. The van der Waals surface area contributed by atoms with Crippen molar-refractivity contribution in [3.8, 4) is 11.3 Å². The van der Waals surface area contributed by atoms with Gasteiger partial charge in [-0.1, -0.05) is 41.9 Å². The minimum absolute atomic E-state index is 0.0222. The van der Waals surface area contributed by atoms with E-state index >= 15 is 0 Å². The third-order valence-corrected chi connectivity index (χ3v) is 3.90. The first-order valence-corrected chi connectivity index (χ1v) is 8.24. The summed E-state index contributed by atoms with van der Waals surface area (Å²) in [6.07, 6.45) is 3.14. The molecule has 3 rings (SSSR count). The number of aryl methyl sites for hydroxylation is 1. The quantitative estimate of drug-likeness (QED) is 0.667. The molecule has 0 aliphatic carbocycles. The van der Waals surface area contributed by atoms with Crippen molar-refractivity contribution in [2.45, 2.75) is 19.3 Å². The van der Waals surface area contributed by atoms with E-state index in [1.165, 1.54) is 18.2 Å². The van der Waals surface area contributed by atoms with E-state index in [9.17, 15) is 9.18 Å². The molecule has 0 fully saturated rings. The number of hydrogen-bond donors (Lipinski definition) is 1. The van der Waals surface area contributed by atoms with Crippen LogP contribution in [0, 0.1) is 5.82 Å². The largest absolute Gasteiger partial charge is 0.441 e. The van der Waals surface area contributed by atoms with E-state index < -0.39 is 5.82 Å². The third-order valence-electron chi connectivity index (χ3n) is 3.61. The molecule has 2 aromatic carbocycles. The Labute approximate surface area is 149 Å². The van der Waals surface area contributed by atoms with Crippen molar-refractivity contribution in [1.29, 1.82) is 0 Å². The molecule has 0 bridgehead atoms. The smallest absolute Gasteiger partial charge is 0.224 e. The number of anilines is 1. The number of nitrogens with zero attached hydrogens (tertiary/aromatic N) is 1. The molecule has 0 aliphatic heterocycles. The highest BCUT2D eigenvalue weighted by Gasteiger charge is 2.09. The number of rotatable bonds is 6. The second-order valence-electron chi connectivity index (χ2n) is 5.51. The van der Waals surface area contributed by atoms with Crippen molar-refractivity contribution < 1.29 is 13.6 Å². The number of benzene rings is 2. The van der Waals surface area contributed by atoms with Gasteiger partial charge >= 0.3 is 0 Å². The van der Waals surface area contributed by atoms with Crippen LogP contribution in [-0.4, -0.2) is 10.9 Å². The van der Waals surface area contributed by atoms with Gasteiger partial charge in [-0.15, -0.1) is 0 Å². The standard InChI is InChI=1S/C19H16ClFN2O2/c20-15-11-14(9-10-16(15)21)23-18(24)7-4-8-19-22-12-17(25-19)13-5-2-1-3-6-13/h1-3,5-6,9-12H,4,7-8H2,(H,23,24). The van der Waals surface area contributed by atoms with Crippen LogP contribution in [0.1, 0.15) is 18.7 Å². The number of aromatic nitrogens is 1. The lowest BCUT2D eigenvalue weighted by Crippen LogP contribution is -2.11. The zero-order valence-electron chi connectivity index (χ0n) is 13.3. The molecule has 0 saturated carbocycles. The third kappa shape index (κ3) is 4.67. The zero-order valence-corrected chi connectivity index (χ0v) is 14.1. The molecular weight excluding hydrogens is 343 g/mol. The molecule has 0 radical (unpaired) electrons. The molecule has 1 aromatic heterocycles. The Morgan fingerprint density at radius 1 is 1.20 bits per heavy atom. The average Bonchev–Trinajstić information content (AvgIpc) is 3.08. The van der Waals surface area contributed by atoms with E-state index in [1.807, 2.05) is 30.3 Å². The summed E-state index contributed by atoms with van der Waals surface area (Å²) in [5.41, 5.74) is 1.44. The van der Waals surface area contributed by atoms with Gasteiger partial charge in [0.2, 0.25) is 5.91 Å². The molecule has 4 nitrogen and oxygen atoms in total. The number of hydrogen-bond acceptors (Lipinski definition) is 3. The van der Waals surface area contributed by atoms with Crippen LogP contribution >= 0.6 is 11.6 Å². The van der Waals surface area contributed by atoms with E-state index in [2.05, 4.69) is 10.3 Å². The van der Waals surface area contributed by atoms with Gasteiger partial charge < -0.3 is 9.73 Å². The second-order valence-corrected chi connectivity index (χ2v) is 5.92. The molecule has 1 heterocycles. The van der Waals surface area contributed by atoms with Crippen LogP contribution in [0.25, 0.3) is 11.3 Å². The summed E-state index contributed by atoms with van der Waals surface area (Å²) >= 11 is 5.69. The molecule has 128 valence electrons. The van der Waals surface area contributed by atoms with Crippen LogP contribution in [-0.2, 0) is 11.2 Å². The first kappa shape index (κ1) is 17.2. The van der Waals surface area contributed by atoms with Crippen LogP contribution in [0.15, 0.2) is 59.1 Å². The fraction of sp³-hybridized carbons (Fsp3) is 0.158. The lowest BCUT2D eigenvalue weighted by Gasteiger charge is -2.05. The SMILES string of the molecule is O=C(CCCc1ncc(-c2ccccc2)o1)Nc1ccc(F)c(Cl)c1. The van der Waals surface area contributed by atoms with Crippen LogP contribution in [0.3, 0.4) is 0 Å². The van der Waals surface area contributed by atoms with Gasteiger partial charge in [0.15, 0.2) is 11.7 Å². The van der Waals surface area contributed by atoms with E-state index in [0.717, 1.165) is 5.56 Å². The number of carbonyl (C=O) groups excluding carboxylic acids is 1. The normalized spacial score (nSPS) is 10.6. The van der Waals surface area contributed by atoms with Gasteiger partial charge in [-0.25, -0.2) is 9.37 Å². The number of nitrogens with one attached hydrogen (secondary N) is 1. The fourth-order valence-electron chi connectivity index (χ4n) is 2.36. The maximum atomic E-state index is 13.1. The van der Waals surface area contributed by atoms with Crippen LogP contribution < -0.4 is 5.32 Å². The van der Waals surface area contributed by atoms with Gasteiger partial charge in [-0.3, -0.25) is 4.79 Å². The molecule has 0 aliphatic rings. The van der Waals surface area contributed by atoms with Crippen molar-refractivity contribution in [2.75, 3.05) is 5.32 Å². The van der Waals surface area contributed by atoms with Crippen LogP contribution in [0.4, 0.5) is 10.1 Å². The Balaban J connectivity index is 1.48. The molecular formula is C19H16ClFN2O2. The van der Waals surface area contributed by atoms with Gasteiger partial charge in [-0.05, 0) is 24.6 Å². The lowest BCUT2D eigenvalue weighted by atomic mass is 10.2. The molecule has 0 saturated heterocycles. The Kier molecular flexibility index (Phi) is 5.46. The summed E-state index contributed by atoms with van der Waals surface area (Å²) in [7, 11) is 0. The molecule has 1 N–H and O–H groups in total. The summed E-state index contributed by atoms with van der Waals surface area (Å²) in [6.45, 7) is 0. The Hall–Kier alpha value is -2.66. The summed E-state index contributed by atoms with van der Waals surface area (Å²) in [5.74, 6) is 0.618. The predicted molar refractivity (Wildman–Crippen MR) is 94.9 cm³/mol. The summed E-state index contributed by atoms with van der Waals surface area (Å²) < 4.78 is 18.8. The molecule has 0 atom stereocenters.